The van der Waals surface area contributed by atoms with Gasteiger partial charge in [0.15, 0.2) is 0 Å². The Kier molecular flexibility index (Phi) is 4.24. The van der Waals surface area contributed by atoms with Gasteiger partial charge in [-0.3, -0.25) is 0 Å². The van der Waals surface area contributed by atoms with Crippen LogP contribution in [-0.2, 0) is 10.0 Å². The van der Waals surface area contributed by atoms with Gasteiger partial charge in [0.2, 0.25) is 10.0 Å². The predicted molar refractivity (Wildman–Crippen MR) is 73.1 cm³/mol. The summed E-state index contributed by atoms with van der Waals surface area (Å²) in [7, 11) is -3.40. The average molecular weight is 268 g/mol. The number of hydrogen-bond donors (Lipinski definition) is 2. The van der Waals surface area contributed by atoms with Crippen molar-refractivity contribution in [3.63, 3.8) is 0 Å². The molecular weight excluding hydrogens is 248 g/mol. The van der Waals surface area contributed by atoms with Crippen LogP contribution in [0.25, 0.3) is 0 Å². The Morgan fingerprint density at radius 2 is 2.00 bits per heavy atom. The molecule has 1 saturated carbocycles. The van der Waals surface area contributed by atoms with Crippen LogP contribution in [0.2, 0.25) is 0 Å². The summed E-state index contributed by atoms with van der Waals surface area (Å²) in [5.41, 5.74) is 0.668. The topological polar surface area (TPSA) is 58.2 Å². The third kappa shape index (κ3) is 3.03. The van der Waals surface area contributed by atoms with E-state index in [1.807, 2.05) is 13.0 Å². The molecule has 0 aromatic heterocycles. The number of hydrogen-bond acceptors (Lipinski definition) is 3. The van der Waals surface area contributed by atoms with E-state index in [9.17, 15) is 8.42 Å². The van der Waals surface area contributed by atoms with Gasteiger partial charge in [0.25, 0.3) is 0 Å². The molecule has 2 rings (SSSR count). The van der Waals surface area contributed by atoms with Gasteiger partial charge in [0.05, 0.1) is 5.69 Å². The highest BCUT2D eigenvalue weighted by atomic mass is 32.2. The Hall–Kier alpha value is -1.07. The molecule has 4 nitrogen and oxygen atoms in total. The van der Waals surface area contributed by atoms with E-state index in [2.05, 4.69) is 10.0 Å². The van der Waals surface area contributed by atoms with Crippen molar-refractivity contribution in [2.75, 3.05) is 18.4 Å². The maximum absolute atomic E-state index is 12.2. The second-order valence-electron chi connectivity index (χ2n) is 4.68. The molecule has 100 valence electrons. The fourth-order valence-electron chi connectivity index (χ4n) is 2.04. The van der Waals surface area contributed by atoms with Gasteiger partial charge in [-0.15, -0.1) is 0 Å². The fraction of sp³-hybridized carbons (Fsp3) is 0.538. The van der Waals surface area contributed by atoms with Crippen molar-refractivity contribution < 1.29 is 8.42 Å². The second kappa shape index (κ2) is 5.71. The second-order valence-corrected chi connectivity index (χ2v) is 6.41. The molecule has 0 heterocycles. The van der Waals surface area contributed by atoms with E-state index in [1.54, 1.807) is 18.2 Å². The van der Waals surface area contributed by atoms with Crippen LogP contribution in [0.15, 0.2) is 29.2 Å². The first kappa shape index (κ1) is 13.4. The summed E-state index contributed by atoms with van der Waals surface area (Å²) in [5, 5.41) is 3.08. The van der Waals surface area contributed by atoms with E-state index >= 15 is 0 Å². The maximum Gasteiger partial charge on any atom is 0.242 e. The van der Waals surface area contributed by atoms with E-state index in [0.717, 1.165) is 12.8 Å². The van der Waals surface area contributed by atoms with E-state index in [0.29, 0.717) is 29.6 Å². The molecule has 1 aliphatic rings. The van der Waals surface area contributed by atoms with Crippen molar-refractivity contribution in [3.05, 3.63) is 24.3 Å². The van der Waals surface area contributed by atoms with E-state index in [4.69, 9.17) is 0 Å². The zero-order valence-corrected chi connectivity index (χ0v) is 11.5. The quantitative estimate of drug-likeness (QED) is 0.831. The molecule has 0 bridgehead atoms. The lowest BCUT2D eigenvalue weighted by atomic mass is 9.86. The summed E-state index contributed by atoms with van der Waals surface area (Å²) in [5.74, 6) is 0.520. The smallest absolute Gasteiger partial charge is 0.242 e. The third-order valence-electron chi connectivity index (χ3n) is 3.33. The first-order valence-electron chi connectivity index (χ1n) is 6.46. The first-order chi connectivity index (χ1) is 8.63. The molecule has 0 saturated heterocycles. The maximum atomic E-state index is 12.2. The number of anilines is 1. The third-order valence-corrected chi connectivity index (χ3v) is 4.81. The predicted octanol–water partition coefficient (Wildman–Crippen LogP) is 2.20. The minimum absolute atomic E-state index is 0.339. The van der Waals surface area contributed by atoms with Gasteiger partial charge >= 0.3 is 0 Å². The normalized spacial score (nSPS) is 16.3. The van der Waals surface area contributed by atoms with Crippen LogP contribution >= 0.6 is 0 Å². The molecule has 0 aliphatic heterocycles. The van der Waals surface area contributed by atoms with E-state index in [1.165, 1.54) is 6.42 Å². The van der Waals surface area contributed by atoms with Gasteiger partial charge in [-0.1, -0.05) is 18.6 Å². The first-order valence-corrected chi connectivity index (χ1v) is 7.94. The van der Waals surface area contributed by atoms with Gasteiger partial charge in [0, 0.05) is 13.1 Å². The molecule has 5 heteroatoms. The van der Waals surface area contributed by atoms with Crippen molar-refractivity contribution in [1.82, 2.24) is 4.72 Å². The summed E-state index contributed by atoms with van der Waals surface area (Å²) in [4.78, 5) is 0.339. The average Bonchev–Trinajstić information content (AvgIpc) is 2.28. The minimum atomic E-state index is -3.40. The summed E-state index contributed by atoms with van der Waals surface area (Å²) >= 11 is 0. The van der Waals surface area contributed by atoms with Gasteiger partial charge < -0.3 is 5.32 Å². The summed E-state index contributed by atoms with van der Waals surface area (Å²) in [6, 6.07) is 7.02. The van der Waals surface area contributed by atoms with Crippen molar-refractivity contribution in [3.8, 4) is 0 Å². The highest BCUT2D eigenvalue weighted by Crippen LogP contribution is 2.26. The molecule has 0 radical (unpaired) electrons. The molecule has 18 heavy (non-hydrogen) atoms. The molecule has 2 N–H and O–H groups in total. The van der Waals surface area contributed by atoms with Crippen LogP contribution in [0.4, 0.5) is 5.69 Å². The largest absolute Gasteiger partial charge is 0.384 e. The number of benzene rings is 1. The molecule has 1 aromatic carbocycles. The molecule has 1 fully saturated rings. The van der Waals surface area contributed by atoms with Gasteiger partial charge in [-0.2, -0.15) is 0 Å². The lowest BCUT2D eigenvalue weighted by Crippen LogP contribution is -2.32. The van der Waals surface area contributed by atoms with Crippen molar-refractivity contribution in [2.45, 2.75) is 31.1 Å². The fourth-order valence-corrected chi connectivity index (χ4v) is 3.34. The Morgan fingerprint density at radius 1 is 1.28 bits per heavy atom. The van der Waals surface area contributed by atoms with Crippen molar-refractivity contribution in [1.29, 1.82) is 0 Å². The number of rotatable bonds is 6. The van der Waals surface area contributed by atoms with Crippen LogP contribution in [0.1, 0.15) is 26.2 Å². The van der Waals surface area contributed by atoms with Crippen LogP contribution < -0.4 is 10.0 Å². The standard InChI is InChI=1S/C13H20N2O2S/c1-2-14-12-8-3-4-9-13(12)18(16,17)15-10-11-6-5-7-11/h3-4,8-9,11,14-15H,2,5-7,10H2,1H3. The molecule has 1 aliphatic carbocycles. The van der Waals surface area contributed by atoms with E-state index in [-0.39, 0.29) is 0 Å². The van der Waals surface area contributed by atoms with Crippen LogP contribution in [0.5, 0.6) is 0 Å². The van der Waals surface area contributed by atoms with E-state index < -0.39 is 10.0 Å². The van der Waals surface area contributed by atoms with Gasteiger partial charge in [0.1, 0.15) is 4.90 Å². The van der Waals surface area contributed by atoms with Gasteiger partial charge in [-0.25, -0.2) is 13.1 Å². The lowest BCUT2D eigenvalue weighted by molar-refractivity contribution is 0.316. The number of nitrogens with one attached hydrogen (secondary N) is 2. The number of sulfonamides is 1. The van der Waals surface area contributed by atoms with Crippen LogP contribution in [0.3, 0.4) is 0 Å². The Bertz CT molecular complexity index is 495. The lowest BCUT2D eigenvalue weighted by Gasteiger charge is -2.25. The van der Waals surface area contributed by atoms with Crippen molar-refractivity contribution >= 4 is 15.7 Å². The highest BCUT2D eigenvalue weighted by molar-refractivity contribution is 7.89. The number of para-hydroxylation sites is 1. The Labute approximate surface area is 109 Å². The molecule has 0 amide bonds. The highest BCUT2D eigenvalue weighted by Gasteiger charge is 2.22. The zero-order valence-electron chi connectivity index (χ0n) is 10.6. The molecular formula is C13H20N2O2S. The van der Waals surface area contributed by atoms with Crippen LogP contribution in [-0.4, -0.2) is 21.5 Å². The zero-order chi connectivity index (χ0) is 13.0. The summed E-state index contributed by atoms with van der Waals surface area (Å²) in [6.07, 6.45) is 3.50. The monoisotopic (exact) mass is 268 g/mol. The van der Waals surface area contributed by atoms with Crippen molar-refractivity contribution in [2.24, 2.45) is 5.92 Å². The van der Waals surface area contributed by atoms with Gasteiger partial charge in [-0.05, 0) is 37.8 Å². The van der Waals surface area contributed by atoms with Crippen LogP contribution in [0, 0.1) is 5.92 Å². The Balaban J connectivity index is 2.12. The molecule has 0 atom stereocenters. The molecule has 0 spiro atoms. The summed E-state index contributed by atoms with van der Waals surface area (Å²) < 4.78 is 27.2. The Morgan fingerprint density at radius 3 is 2.61 bits per heavy atom. The minimum Gasteiger partial charge on any atom is -0.384 e. The molecule has 0 unspecified atom stereocenters. The SMILES string of the molecule is CCNc1ccccc1S(=O)(=O)NCC1CCC1. The molecule has 1 aromatic rings. The summed E-state index contributed by atoms with van der Waals surface area (Å²) in [6.45, 7) is 3.21.